The smallest absolute Gasteiger partial charge is 0.240 e. The molecule has 0 spiro atoms. The van der Waals surface area contributed by atoms with Crippen molar-refractivity contribution in [3.63, 3.8) is 0 Å². The molecule has 30 heavy (non-hydrogen) atoms. The van der Waals surface area contributed by atoms with Gasteiger partial charge in [-0.2, -0.15) is 4.98 Å². The molecular weight excluding hydrogens is 380 g/mol. The lowest BCUT2D eigenvalue weighted by Crippen LogP contribution is -2.50. The van der Waals surface area contributed by atoms with E-state index < -0.39 is 6.04 Å². The van der Waals surface area contributed by atoms with Gasteiger partial charge in [0.1, 0.15) is 0 Å². The quantitative estimate of drug-likeness (QED) is 0.676. The first-order valence-corrected chi connectivity index (χ1v) is 11.5. The van der Waals surface area contributed by atoms with E-state index in [2.05, 4.69) is 29.3 Å². The number of nitrogens with one attached hydrogen (secondary N) is 1. The summed E-state index contributed by atoms with van der Waals surface area (Å²) in [5.74, 6) is 1.01. The Bertz CT molecular complexity index is 744. The molecule has 1 aliphatic heterocycles. The number of aromatic nitrogens is 2. The predicted molar refractivity (Wildman–Crippen MR) is 115 cm³/mol. The van der Waals surface area contributed by atoms with Gasteiger partial charge in [-0.1, -0.05) is 58.0 Å². The lowest BCUT2D eigenvalue weighted by molar-refractivity contribution is -0.130. The van der Waals surface area contributed by atoms with Crippen molar-refractivity contribution in [1.82, 2.24) is 20.4 Å². The molecule has 1 N–H and O–H groups in total. The number of amides is 1. The summed E-state index contributed by atoms with van der Waals surface area (Å²) in [6, 6.07) is -0.494. The van der Waals surface area contributed by atoms with Crippen molar-refractivity contribution in [2.75, 3.05) is 13.1 Å². The molecule has 1 aliphatic carbocycles. The van der Waals surface area contributed by atoms with E-state index in [1.165, 1.54) is 32.1 Å². The van der Waals surface area contributed by atoms with Crippen molar-refractivity contribution in [2.45, 2.75) is 103 Å². The molecule has 1 atom stereocenters. The third-order valence-corrected chi connectivity index (χ3v) is 6.41. The summed E-state index contributed by atoms with van der Waals surface area (Å²) < 4.78 is 5.27. The van der Waals surface area contributed by atoms with Gasteiger partial charge in [-0.15, -0.1) is 0 Å². The van der Waals surface area contributed by atoms with Crippen molar-refractivity contribution in [1.29, 1.82) is 0 Å². The van der Waals surface area contributed by atoms with Gasteiger partial charge in [0, 0.05) is 17.5 Å². The van der Waals surface area contributed by atoms with Gasteiger partial charge < -0.3 is 14.7 Å². The highest BCUT2D eigenvalue weighted by Crippen LogP contribution is 2.30. The van der Waals surface area contributed by atoms with E-state index in [1.54, 1.807) is 4.90 Å². The van der Waals surface area contributed by atoms with Crippen LogP contribution in [0.1, 0.15) is 102 Å². The molecule has 1 amide bonds. The molecule has 1 unspecified atom stereocenters. The van der Waals surface area contributed by atoms with E-state index >= 15 is 0 Å². The monoisotopic (exact) mass is 418 g/mol. The van der Waals surface area contributed by atoms with E-state index in [0.29, 0.717) is 18.9 Å². The van der Waals surface area contributed by atoms with Crippen LogP contribution in [0.4, 0.5) is 0 Å². The highest BCUT2D eigenvalue weighted by molar-refractivity contribution is 5.99. The molecule has 2 heterocycles. The number of ketones is 1. The van der Waals surface area contributed by atoms with Crippen molar-refractivity contribution in [2.24, 2.45) is 5.92 Å². The molecule has 1 aromatic rings. The molecule has 7 nitrogen and oxygen atoms in total. The largest absolute Gasteiger partial charge is 0.338 e. The van der Waals surface area contributed by atoms with E-state index in [0.717, 1.165) is 18.8 Å². The Morgan fingerprint density at radius 2 is 1.77 bits per heavy atom. The number of Topliss-reactive ketones (excluding diaryl/α,β-unsaturated/α-hetero) is 1. The van der Waals surface area contributed by atoms with Gasteiger partial charge in [0.2, 0.25) is 23.4 Å². The van der Waals surface area contributed by atoms with E-state index in [9.17, 15) is 9.59 Å². The average Bonchev–Trinajstić information content (AvgIpc) is 3.35. The third-order valence-electron chi connectivity index (χ3n) is 6.41. The molecule has 1 saturated carbocycles. The van der Waals surface area contributed by atoms with Gasteiger partial charge in [-0.05, 0) is 39.0 Å². The van der Waals surface area contributed by atoms with Crippen LogP contribution in [0.5, 0.6) is 0 Å². The maximum Gasteiger partial charge on any atom is 0.240 e. The van der Waals surface area contributed by atoms with Crippen LogP contribution in [-0.4, -0.2) is 51.4 Å². The van der Waals surface area contributed by atoms with Crippen molar-refractivity contribution >= 4 is 11.7 Å². The maximum absolute atomic E-state index is 13.0. The number of nitrogens with zero attached hydrogens (tertiary/aromatic N) is 3. The van der Waals surface area contributed by atoms with E-state index in [4.69, 9.17) is 4.52 Å². The zero-order valence-corrected chi connectivity index (χ0v) is 19.3. The summed E-state index contributed by atoms with van der Waals surface area (Å²) >= 11 is 0. The van der Waals surface area contributed by atoms with Crippen LogP contribution in [0.15, 0.2) is 4.52 Å². The van der Waals surface area contributed by atoms with Gasteiger partial charge in [-0.25, -0.2) is 0 Å². The Kier molecular flexibility index (Phi) is 7.00. The number of carbonyl (C=O) groups is 2. The number of likely N-dealkylation sites (tertiary alicyclic amines) is 1. The second kappa shape index (κ2) is 9.16. The zero-order chi connectivity index (χ0) is 21.9. The molecule has 2 aliphatic rings. The van der Waals surface area contributed by atoms with Crippen LogP contribution in [-0.2, 0) is 10.2 Å². The fraction of sp³-hybridized carbons (Fsp3) is 0.826. The van der Waals surface area contributed by atoms with Crippen molar-refractivity contribution in [3.8, 4) is 0 Å². The van der Waals surface area contributed by atoms with Crippen LogP contribution in [0.3, 0.4) is 0 Å². The van der Waals surface area contributed by atoms with Gasteiger partial charge in [0.15, 0.2) is 0 Å². The third kappa shape index (κ3) is 5.68. The zero-order valence-electron chi connectivity index (χ0n) is 19.3. The minimum absolute atomic E-state index is 0.0258. The summed E-state index contributed by atoms with van der Waals surface area (Å²) in [6.07, 6.45) is 9.14. The molecule has 1 saturated heterocycles. The lowest BCUT2D eigenvalue weighted by Gasteiger charge is -2.33. The molecule has 1 aromatic heterocycles. The first kappa shape index (κ1) is 22.9. The Morgan fingerprint density at radius 1 is 1.07 bits per heavy atom. The van der Waals surface area contributed by atoms with Crippen LogP contribution in [0, 0.1) is 5.92 Å². The number of hydrogen-bond donors (Lipinski definition) is 1. The van der Waals surface area contributed by atoms with Crippen LogP contribution >= 0.6 is 0 Å². The Morgan fingerprint density at radius 3 is 2.40 bits per heavy atom. The molecule has 2 fully saturated rings. The van der Waals surface area contributed by atoms with E-state index in [1.807, 2.05) is 20.8 Å². The van der Waals surface area contributed by atoms with Gasteiger partial charge >= 0.3 is 0 Å². The number of hydrogen-bond acceptors (Lipinski definition) is 6. The van der Waals surface area contributed by atoms with Crippen molar-refractivity contribution in [3.05, 3.63) is 11.7 Å². The van der Waals surface area contributed by atoms with Crippen LogP contribution in [0.25, 0.3) is 0 Å². The van der Waals surface area contributed by atoms with Crippen molar-refractivity contribution < 1.29 is 14.1 Å². The fourth-order valence-corrected chi connectivity index (χ4v) is 4.72. The Balaban J connectivity index is 1.57. The second-order valence-corrected chi connectivity index (χ2v) is 10.7. The highest BCUT2D eigenvalue weighted by atomic mass is 16.5. The molecule has 0 radical (unpaired) electrons. The first-order chi connectivity index (χ1) is 14.1. The summed E-state index contributed by atoms with van der Waals surface area (Å²) in [4.78, 5) is 31.9. The topological polar surface area (TPSA) is 88.3 Å². The first-order valence-electron chi connectivity index (χ1n) is 11.5. The van der Waals surface area contributed by atoms with Gasteiger partial charge in [0.05, 0.1) is 12.6 Å². The Hall–Kier alpha value is -1.76. The SMILES string of the molecule is CC(C)(CC1CCCCC1)NCC(=O)N1CCCC1C(=O)c1noc(C(C)(C)C)n1. The molecule has 7 heteroatoms. The van der Waals surface area contributed by atoms with Crippen LogP contribution < -0.4 is 5.32 Å². The highest BCUT2D eigenvalue weighted by Gasteiger charge is 2.37. The Labute approximate surface area is 180 Å². The average molecular weight is 419 g/mol. The summed E-state index contributed by atoms with van der Waals surface area (Å²) in [7, 11) is 0. The fourth-order valence-electron chi connectivity index (χ4n) is 4.72. The summed E-state index contributed by atoms with van der Waals surface area (Å²) in [6.45, 7) is 11.1. The second-order valence-electron chi connectivity index (χ2n) is 10.7. The minimum atomic E-state index is -0.494. The minimum Gasteiger partial charge on any atom is -0.338 e. The molecule has 3 rings (SSSR count). The lowest BCUT2D eigenvalue weighted by atomic mass is 9.81. The molecule has 168 valence electrons. The standard InChI is InChI=1S/C23H38N4O3/c1-22(2,3)21-25-20(26-30-21)19(29)17-12-9-13-27(17)18(28)15-24-23(4,5)14-16-10-7-6-8-11-16/h16-17,24H,6-15H2,1-5H3. The molecule has 0 aromatic carbocycles. The number of rotatable bonds is 7. The van der Waals surface area contributed by atoms with Crippen LogP contribution in [0.2, 0.25) is 0 Å². The predicted octanol–water partition coefficient (Wildman–Crippen LogP) is 3.88. The molecule has 0 bridgehead atoms. The number of carbonyl (C=O) groups excluding carboxylic acids is 2. The summed E-state index contributed by atoms with van der Waals surface area (Å²) in [5.41, 5.74) is -0.406. The van der Waals surface area contributed by atoms with Gasteiger partial charge in [0.25, 0.3) is 0 Å². The van der Waals surface area contributed by atoms with Gasteiger partial charge in [-0.3, -0.25) is 9.59 Å². The summed E-state index contributed by atoms with van der Waals surface area (Å²) in [5, 5.41) is 7.34. The molecular formula is C23H38N4O3. The normalized spacial score (nSPS) is 21.2. The maximum atomic E-state index is 13.0. The van der Waals surface area contributed by atoms with E-state index in [-0.39, 0.29) is 35.0 Å².